The highest BCUT2D eigenvalue weighted by molar-refractivity contribution is 5.94. The van der Waals surface area contributed by atoms with E-state index in [4.69, 9.17) is 1.37 Å². The maximum absolute atomic E-state index is 8.85. The van der Waals surface area contributed by atoms with Crippen molar-refractivity contribution in [1.29, 1.82) is 0 Å². The van der Waals surface area contributed by atoms with Gasteiger partial charge in [-0.2, -0.15) is 4.57 Å². The Morgan fingerprint density at radius 2 is 1.73 bits per heavy atom. The predicted octanol–water partition coefficient (Wildman–Crippen LogP) is 7.58. The van der Waals surface area contributed by atoms with E-state index in [-0.39, 0.29) is 5.41 Å². The Hall–Kier alpha value is -2.15. The van der Waals surface area contributed by atoms with Crippen molar-refractivity contribution in [3.63, 3.8) is 0 Å². The Bertz CT molecular complexity index is 1110. The van der Waals surface area contributed by atoms with E-state index in [0.29, 0.717) is 12.0 Å². The molecule has 0 spiro atoms. The third-order valence-corrected chi connectivity index (χ3v) is 6.82. The monoisotopic (exact) mass is 401 g/mol. The number of hydrogen-bond acceptors (Lipinski definition) is 0. The van der Waals surface area contributed by atoms with E-state index in [2.05, 4.69) is 82.6 Å². The van der Waals surface area contributed by atoms with E-state index in [0.717, 1.165) is 17.5 Å². The summed E-state index contributed by atoms with van der Waals surface area (Å²) in [5, 5.41) is 2.27. The molecule has 4 rings (SSSR count). The molecule has 1 saturated carbocycles. The molecule has 30 heavy (non-hydrogen) atoms. The molecule has 1 nitrogen and oxygen atoms in total. The van der Waals surface area contributed by atoms with E-state index in [1.165, 1.54) is 65.4 Å². The van der Waals surface area contributed by atoms with Crippen molar-refractivity contribution in [2.24, 2.45) is 12.5 Å². The van der Waals surface area contributed by atoms with Gasteiger partial charge < -0.3 is 0 Å². The minimum Gasteiger partial charge on any atom is -0.198 e. The van der Waals surface area contributed by atoms with Crippen molar-refractivity contribution in [3.05, 3.63) is 64.8 Å². The molecule has 2 aromatic carbocycles. The molecule has 1 aliphatic carbocycles. The summed E-state index contributed by atoms with van der Waals surface area (Å²) in [5.74, 6) is 0.694. The van der Waals surface area contributed by atoms with Crippen LogP contribution in [0.4, 0.5) is 0 Å². The SMILES string of the molecule is [2H]c1c(C)[n+](C)c(-c2cc(C3CCCCC3)ccc2C)c2ccc(CC(C)(C)C)cc12. The minimum absolute atomic E-state index is 0.234. The molecule has 0 atom stereocenters. The fraction of sp³-hybridized carbons (Fsp3) is 0.483. The summed E-state index contributed by atoms with van der Waals surface area (Å²) in [7, 11) is 2.12. The van der Waals surface area contributed by atoms with Crippen molar-refractivity contribution in [2.45, 2.75) is 79.1 Å². The molecule has 0 saturated heterocycles. The number of benzene rings is 2. The lowest BCUT2D eigenvalue weighted by Gasteiger charge is -2.23. The average molecular weight is 402 g/mol. The highest BCUT2D eigenvalue weighted by atomic mass is 14.9. The summed E-state index contributed by atoms with van der Waals surface area (Å²) in [5.41, 5.74) is 7.96. The Balaban J connectivity index is 1.91. The van der Waals surface area contributed by atoms with Gasteiger partial charge in [0.1, 0.15) is 7.05 Å². The molecule has 0 bridgehead atoms. The van der Waals surface area contributed by atoms with Gasteiger partial charge in [-0.15, -0.1) is 0 Å². The van der Waals surface area contributed by atoms with Crippen molar-refractivity contribution in [3.8, 4) is 11.3 Å². The van der Waals surface area contributed by atoms with Crippen LogP contribution in [0.2, 0.25) is 0 Å². The van der Waals surface area contributed by atoms with Gasteiger partial charge in [0.2, 0.25) is 5.69 Å². The zero-order valence-corrected chi connectivity index (χ0v) is 19.7. The maximum atomic E-state index is 8.85. The van der Waals surface area contributed by atoms with Crippen molar-refractivity contribution < 1.29 is 5.94 Å². The Morgan fingerprint density at radius 3 is 2.43 bits per heavy atom. The van der Waals surface area contributed by atoms with Crippen molar-refractivity contribution in [1.82, 2.24) is 0 Å². The van der Waals surface area contributed by atoms with Crippen molar-refractivity contribution in [2.75, 3.05) is 0 Å². The van der Waals surface area contributed by atoms with Crippen LogP contribution < -0.4 is 4.57 Å². The summed E-state index contributed by atoms with van der Waals surface area (Å²) in [6, 6.07) is 14.6. The number of nitrogens with zero attached hydrogens (tertiary/aromatic N) is 1. The van der Waals surface area contributed by atoms with Crippen LogP contribution in [0.25, 0.3) is 22.0 Å². The molecule has 0 radical (unpaired) electrons. The molecule has 1 heterocycles. The predicted molar refractivity (Wildman–Crippen MR) is 129 cm³/mol. The van der Waals surface area contributed by atoms with Gasteiger partial charge in [-0.3, -0.25) is 0 Å². The topological polar surface area (TPSA) is 3.88 Å². The molecule has 0 N–H and O–H groups in total. The van der Waals surface area contributed by atoms with E-state index in [9.17, 15) is 0 Å². The van der Waals surface area contributed by atoms with Crippen LogP contribution in [0, 0.1) is 19.3 Å². The van der Waals surface area contributed by atoms with Gasteiger partial charge in [0.05, 0.1) is 6.76 Å². The van der Waals surface area contributed by atoms with Gasteiger partial charge in [0, 0.05) is 18.5 Å². The first-order valence-electron chi connectivity index (χ1n) is 12.2. The third-order valence-electron chi connectivity index (χ3n) is 6.82. The van der Waals surface area contributed by atoms with Crippen LogP contribution in [0.5, 0.6) is 0 Å². The molecule has 1 heteroatoms. The van der Waals surface area contributed by atoms with Crippen LogP contribution in [-0.4, -0.2) is 0 Å². The fourth-order valence-electron chi connectivity index (χ4n) is 5.16. The number of fused-ring (bicyclic) bond motifs is 1. The standard InChI is InChI=1S/C29H38N/c1-20-12-14-24(23-10-8-7-9-11-23)18-27(20)28-26-15-13-22(19-29(3,4)5)17-25(26)16-21(2)30(28)6/h12-18,23H,7-11,19H2,1-6H3/q+1/i16D. The van der Waals surface area contributed by atoms with Crippen LogP contribution in [-0.2, 0) is 13.5 Å². The lowest BCUT2D eigenvalue weighted by Crippen LogP contribution is -2.35. The zero-order valence-electron chi connectivity index (χ0n) is 20.7. The Morgan fingerprint density at radius 1 is 1.00 bits per heavy atom. The zero-order chi connectivity index (χ0) is 22.3. The van der Waals surface area contributed by atoms with E-state index >= 15 is 0 Å². The first kappa shape index (κ1) is 19.8. The van der Waals surface area contributed by atoms with Gasteiger partial charge in [-0.1, -0.05) is 64.3 Å². The second kappa shape index (κ2) is 8.17. The number of hydrogen-bond donors (Lipinski definition) is 0. The van der Waals surface area contributed by atoms with Gasteiger partial charge >= 0.3 is 0 Å². The average Bonchev–Trinajstić information content (AvgIpc) is 2.73. The molecule has 1 aromatic heterocycles. The normalized spacial score (nSPS) is 16.1. The second-order valence-corrected chi connectivity index (χ2v) is 10.6. The highest BCUT2D eigenvalue weighted by Crippen LogP contribution is 2.37. The smallest absolute Gasteiger partial charge is 0.198 e. The van der Waals surface area contributed by atoms with E-state index in [1.807, 2.05) is 0 Å². The quantitative estimate of drug-likeness (QED) is 0.398. The number of aryl methyl sites for hydroxylation is 1. The molecule has 3 aromatic rings. The minimum atomic E-state index is 0.234. The molecule has 0 amide bonds. The molecule has 158 valence electrons. The molecular weight excluding hydrogens is 362 g/mol. The summed E-state index contributed by atoms with van der Waals surface area (Å²) < 4.78 is 11.1. The molecule has 0 unspecified atom stereocenters. The lowest BCUT2D eigenvalue weighted by molar-refractivity contribution is -0.665. The summed E-state index contributed by atoms with van der Waals surface area (Å²) >= 11 is 0. The first-order chi connectivity index (χ1) is 14.7. The highest BCUT2D eigenvalue weighted by Gasteiger charge is 2.23. The molecule has 1 aliphatic rings. The molecule has 1 fully saturated rings. The second-order valence-electron chi connectivity index (χ2n) is 10.6. The summed E-state index contributed by atoms with van der Waals surface area (Å²) in [6.07, 6.45) is 7.75. The summed E-state index contributed by atoms with van der Waals surface area (Å²) in [6.45, 7) is 11.1. The lowest BCUT2D eigenvalue weighted by atomic mass is 9.82. The number of aromatic nitrogens is 1. The van der Waals surface area contributed by atoms with Crippen molar-refractivity contribution >= 4 is 10.8 Å². The first-order valence-corrected chi connectivity index (χ1v) is 11.7. The van der Waals surface area contributed by atoms with E-state index in [1.54, 1.807) is 0 Å². The summed E-state index contributed by atoms with van der Waals surface area (Å²) in [4.78, 5) is 0. The Labute approximate surface area is 184 Å². The van der Waals surface area contributed by atoms with Crippen LogP contribution in [0.15, 0.2) is 42.4 Å². The maximum Gasteiger partial charge on any atom is 0.220 e. The van der Waals surface area contributed by atoms with Crippen LogP contribution >= 0.6 is 0 Å². The van der Waals surface area contributed by atoms with Gasteiger partial charge in [-0.25, -0.2) is 0 Å². The fourth-order valence-corrected chi connectivity index (χ4v) is 5.16. The van der Waals surface area contributed by atoms with Crippen LogP contribution in [0.3, 0.4) is 0 Å². The molecular formula is C29H38N+. The van der Waals surface area contributed by atoms with Gasteiger partial charge in [-0.05, 0) is 71.7 Å². The van der Waals surface area contributed by atoms with Gasteiger partial charge in [0.15, 0.2) is 5.69 Å². The van der Waals surface area contributed by atoms with Gasteiger partial charge in [0.25, 0.3) is 0 Å². The molecule has 0 aliphatic heterocycles. The van der Waals surface area contributed by atoms with E-state index < -0.39 is 0 Å². The van der Waals surface area contributed by atoms with Crippen LogP contribution in [0.1, 0.15) is 82.5 Å². The largest absolute Gasteiger partial charge is 0.220 e. The Kier molecular flexibility index (Phi) is 5.39. The third kappa shape index (κ3) is 4.31. The number of rotatable bonds is 3. The number of pyridine rings is 1.